The third-order valence-electron chi connectivity index (χ3n) is 3.62. The molecule has 2 aromatic carbocycles. The topological polar surface area (TPSA) is 49.4 Å². The molecule has 0 spiro atoms. The number of amides is 1. The lowest BCUT2D eigenvalue weighted by Crippen LogP contribution is -2.14. The van der Waals surface area contributed by atoms with E-state index in [9.17, 15) is 9.59 Å². The highest BCUT2D eigenvalue weighted by molar-refractivity contribution is 6.00. The average Bonchev–Trinajstić information content (AvgIpc) is 2.54. The fraction of sp³-hybridized carbons (Fsp3) is 0.263. The second-order valence-corrected chi connectivity index (χ2v) is 5.78. The number of nitrogens with zero attached hydrogens (tertiary/aromatic N) is 1. The first-order valence-corrected chi connectivity index (χ1v) is 7.63. The molecule has 1 amide bonds. The molecule has 0 aliphatic heterocycles. The Bertz CT molecular complexity index is 674. The number of carbonyl (C=O) groups excluding carboxylic acids is 2. The van der Waals surface area contributed by atoms with Crippen LogP contribution >= 0.6 is 0 Å². The van der Waals surface area contributed by atoms with E-state index in [2.05, 4.69) is 5.32 Å². The molecule has 0 heterocycles. The predicted molar refractivity (Wildman–Crippen MR) is 94.1 cm³/mol. The van der Waals surface area contributed by atoms with Crippen LogP contribution < -0.4 is 10.2 Å². The quantitative estimate of drug-likeness (QED) is 0.828. The fourth-order valence-electron chi connectivity index (χ4n) is 2.18. The summed E-state index contributed by atoms with van der Waals surface area (Å²) < 4.78 is 0. The molecule has 0 aliphatic carbocycles. The summed E-state index contributed by atoms with van der Waals surface area (Å²) in [6.07, 6.45) is 0.396. The van der Waals surface area contributed by atoms with E-state index in [-0.39, 0.29) is 24.5 Å². The minimum atomic E-state index is -0.150. The van der Waals surface area contributed by atoms with Crippen LogP contribution in [0.2, 0.25) is 0 Å². The van der Waals surface area contributed by atoms with Crippen molar-refractivity contribution in [1.82, 2.24) is 0 Å². The van der Waals surface area contributed by atoms with E-state index in [0.717, 1.165) is 16.9 Å². The van der Waals surface area contributed by atoms with Crippen LogP contribution in [0.4, 0.5) is 11.4 Å². The molecule has 1 N–H and O–H groups in total. The van der Waals surface area contributed by atoms with Gasteiger partial charge in [-0.2, -0.15) is 0 Å². The minimum Gasteiger partial charge on any atom is -0.378 e. The van der Waals surface area contributed by atoms with Crippen molar-refractivity contribution in [3.05, 3.63) is 59.7 Å². The van der Waals surface area contributed by atoms with Crippen molar-refractivity contribution in [1.29, 1.82) is 0 Å². The molecule has 0 radical (unpaired) electrons. The van der Waals surface area contributed by atoms with Gasteiger partial charge < -0.3 is 10.2 Å². The molecule has 4 heteroatoms. The van der Waals surface area contributed by atoms with E-state index in [0.29, 0.717) is 5.56 Å². The maximum absolute atomic E-state index is 12.0. The van der Waals surface area contributed by atoms with Crippen LogP contribution in [0.15, 0.2) is 48.5 Å². The van der Waals surface area contributed by atoms with Gasteiger partial charge in [-0.3, -0.25) is 9.59 Å². The van der Waals surface area contributed by atoms with Crippen LogP contribution in [0.5, 0.6) is 0 Å². The van der Waals surface area contributed by atoms with E-state index < -0.39 is 0 Å². The van der Waals surface area contributed by atoms with Gasteiger partial charge in [-0.05, 0) is 31.2 Å². The molecule has 0 atom stereocenters. The Labute approximate surface area is 137 Å². The van der Waals surface area contributed by atoms with Gasteiger partial charge in [-0.1, -0.05) is 29.8 Å². The number of ketones is 1. The third-order valence-corrected chi connectivity index (χ3v) is 3.62. The molecule has 4 nitrogen and oxygen atoms in total. The summed E-state index contributed by atoms with van der Waals surface area (Å²) in [5, 5.41) is 2.81. The van der Waals surface area contributed by atoms with Crippen LogP contribution in [0.1, 0.15) is 28.8 Å². The van der Waals surface area contributed by atoms with Gasteiger partial charge in [0.15, 0.2) is 5.78 Å². The van der Waals surface area contributed by atoms with Gasteiger partial charge in [0.1, 0.15) is 0 Å². The number of hydrogen-bond donors (Lipinski definition) is 1. The number of nitrogens with one attached hydrogen (secondary N) is 1. The lowest BCUT2D eigenvalue weighted by atomic mass is 10.0. The van der Waals surface area contributed by atoms with Crippen LogP contribution in [-0.2, 0) is 4.79 Å². The Morgan fingerprint density at radius 2 is 1.52 bits per heavy atom. The molecular weight excluding hydrogens is 288 g/mol. The van der Waals surface area contributed by atoms with Crippen molar-refractivity contribution >= 4 is 23.1 Å². The van der Waals surface area contributed by atoms with Gasteiger partial charge in [0, 0.05) is 43.9 Å². The van der Waals surface area contributed by atoms with E-state index in [1.807, 2.05) is 62.3 Å². The maximum Gasteiger partial charge on any atom is 0.224 e. The van der Waals surface area contributed by atoms with Gasteiger partial charge >= 0.3 is 0 Å². The van der Waals surface area contributed by atoms with Gasteiger partial charge in [0.25, 0.3) is 0 Å². The zero-order chi connectivity index (χ0) is 16.8. The number of carbonyl (C=O) groups is 2. The maximum atomic E-state index is 12.0. The monoisotopic (exact) mass is 310 g/mol. The van der Waals surface area contributed by atoms with Gasteiger partial charge in [-0.25, -0.2) is 0 Å². The van der Waals surface area contributed by atoms with Gasteiger partial charge in [0.05, 0.1) is 0 Å². The molecular formula is C19H22N2O2. The molecule has 0 saturated heterocycles. The molecule has 0 aromatic heterocycles. The summed E-state index contributed by atoms with van der Waals surface area (Å²) in [5.74, 6) is -0.161. The van der Waals surface area contributed by atoms with Crippen molar-refractivity contribution in [3.8, 4) is 0 Å². The van der Waals surface area contributed by atoms with Gasteiger partial charge in [-0.15, -0.1) is 0 Å². The third kappa shape index (κ3) is 4.95. The largest absolute Gasteiger partial charge is 0.378 e. The van der Waals surface area contributed by atoms with Crippen LogP contribution in [-0.4, -0.2) is 25.8 Å². The van der Waals surface area contributed by atoms with E-state index >= 15 is 0 Å². The Morgan fingerprint density at radius 3 is 2.09 bits per heavy atom. The summed E-state index contributed by atoms with van der Waals surface area (Å²) in [7, 11) is 3.93. The number of benzene rings is 2. The number of anilines is 2. The highest BCUT2D eigenvalue weighted by Crippen LogP contribution is 2.16. The zero-order valence-electron chi connectivity index (χ0n) is 13.8. The summed E-state index contributed by atoms with van der Waals surface area (Å²) in [6, 6.07) is 15.0. The lowest BCUT2D eigenvalue weighted by molar-refractivity contribution is -0.116. The first-order valence-electron chi connectivity index (χ1n) is 7.63. The lowest BCUT2D eigenvalue weighted by Gasteiger charge is -2.13. The van der Waals surface area contributed by atoms with Crippen LogP contribution in [0.25, 0.3) is 0 Å². The number of rotatable bonds is 6. The number of Topliss-reactive ketones (excluding diaryl/α,β-unsaturated/α-hetero) is 1. The van der Waals surface area contributed by atoms with Gasteiger partial charge in [0.2, 0.25) is 5.91 Å². The van der Waals surface area contributed by atoms with Crippen molar-refractivity contribution in [2.75, 3.05) is 24.3 Å². The standard InChI is InChI=1S/C19H22N2O2/c1-14-4-6-15(7-5-14)18(22)12-13-19(23)20-16-8-10-17(11-9-16)21(2)3/h4-11H,12-13H2,1-3H3,(H,20,23). The SMILES string of the molecule is Cc1ccc(C(=O)CCC(=O)Nc2ccc(N(C)C)cc2)cc1. The summed E-state index contributed by atoms with van der Waals surface area (Å²) >= 11 is 0. The molecule has 0 saturated carbocycles. The molecule has 0 aliphatic rings. The molecule has 0 fully saturated rings. The minimum absolute atomic E-state index is 0.0110. The second kappa shape index (κ2) is 7.58. The molecule has 2 rings (SSSR count). The normalized spacial score (nSPS) is 10.2. The summed E-state index contributed by atoms with van der Waals surface area (Å²) in [5.41, 5.74) is 3.57. The van der Waals surface area contributed by atoms with Crippen molar-refractivity contribution < 1.29 is 9.59 Å². The molecule has 120 valence electrons. The smallest absolute Gasteiger partial charge is 0.224 e. The Morgan fingerprint density at radius 1 is 0.913 bits per heavy atom. The number of aryl methyl sites for hydroxylation is 1. The molecule has 0 unspecified atom stereocenters. The van der Waals surface area contributed by atoms with Crippen LogP contribution in [0, 0.1) is 6.92 Å². The van der Waals surface area contributed by atoms with Crippen molar-refractivity contribution in [2.45, 2.75) is 19.8 Å². The van der Waals surface area contributed by atoms with Crippen molar-refractivity contribution in [3.63, 3.8) is 0 Å². The predicted octanol–water partition coefficient (Wildman–Crippen LogP) is 3.66. The van der Waals surface area contributed by atoms with E-state index in [1.165, 1.54) is 0 Å². The zero-order valence-corrected chi connectivity index (χ0v) is 13.8. The Kier molecular flexibility index (Phi) is 5.52. The molecule has 23 heavy (non-hydrogen) atoms. The fourth-order valence-corrected chi connectivity index (χ4v) is 2.18. The van der Waals surface area contributed by atoms with E-state index in [4.69, 9.17) is 0 Å². The summed E-state index contributed by atoms with van der Waals surface area (Å²) in [6.45, 7) is 1.98. The molecule has 0 bridgehead atoms. The number of hydrogen-bond acceptors (Lipinski definition) is 3. The molecule has 2 aromatic rings. The van der Waals surface area contributed by atoms with E-state index in [1.54, 1.807) is 12.1 Å². The first kappa shape index (κ1) is 16.7. The average molecular weight is 310 g/mol. The van der Waals surface area contributed by atoms with Crippen molar-refractivity contribution in [2.24, 2.45) is 0 Å². The Balaban J connectivity index is 1.85. The van der Waals surface area contributed by atoms with Crippen LogP contribution in [0.3, 0.4) is 0 Å². The highest BCUT2D eigenvalue weighted by Gasteiger charge is 2.09. The second-order valence-electron chi connectivity index (χ2n) is 5.78. The highest BCUT2D eigenvalue weighted by atomic mass is 16.2. The first-order chi connectivity index (χ1) is 11.0. The Hall–Kier alpha value is -2.62. The summed E-state index contributed by atoms with van der Waals surface area (Å²) in [4.78, 5) is 26.0.